The van der Waals surface area contributed by atoms with Gasteiger partial charge in [0, 0.05) is 23.7 Å². The van der Waals surface area contributed by atoms with Gasteiger partial charge >= 0.3 is 0 Å². The molecule has 0 radical (unpaired) electrons. The van der Waals surface area contributed by atoms with E-state index in [-0.39, 0.29) is 5.91 Å². The molecule has 4 nitrogen and oxygen atoms in total. The zero-order valence-corrected chi connectivity index (χ0v) is 14.8. The van der Waals surface area contributed by atoms with Gasteiger partial charge in [0.25, 0.3) is 5.91 Å². The number of rotatable bonds is 6. The summed E-state index contributed by atoms with van der Waals surface area (Å²) in [5, 5.41) is 8.15. The molecule has 0 fully saturated rings. The fourth-order valence-corrected chi connectivity index (χ4v) is 2.88. The number of nitrogens with zero attached hydrogens (tertiary/aromatic N) is 2. The van der Waals surface area contributed by atoms with Crippen molar-refractivity contribution in [1.82, 2.24) is 15.1 Å². The third-order valence-electron chi connectivity index (χ3n) is 3.97. The number of halogens is 1. The summed E-state index contributed by atoms with van der Waals surface area (Å²) in [7, 11) is 0. The Balaban J connectivity index is 1.71. The van der Waals surface area contributed by atoms with Crippen molar-refractivity contribution in [3.05, 3.63) is 76.9 Å². The highest BCUT2D eigenvalue weighted by atomic mass is 35.5. The normalized spacial score (nSPS) is 10.6. The van der Waals surface area contributed by atoms with Crippen LogP contribution in [0.25, 0.3) is 11.3 Å². The van der Waals surface area contributed by atoms with Gasteiger partial charge in [0.15, 0.2) is 0 Å². The first-order valence-corrected chi connectivity index (χ1v) is 8.71. The SMILES string of the molecule is CCn1nc(-c2cccc(Cl)c2)cc1C(=O)NCCc1ccccc1. The van der Waals surface area contributed by atoms with Crippen LogP contribution in [0.1, 0.15) is 23.0 Å². The summed E-state index contributed by atoms with van der Waals surface area (Å²) in [6.45, 7) is 3.18. The largest absolute Gasteiger partial charge is 0.350 e. The topological polar surface area (TPSA) is 46.9 Å². The summed E-state index contributed by atoms with van der Waals surface area (Å²) in [6, 6.07) is 19.4. The number of hydrogen-bond acceptors (Lipinski definition) is 2. The summed E-state index contributed by atoms with van der Waals surface area (Å²) in [4.78, 5) is 12.5. The second-order valence-electron chi connectivity index (χ2n) is 5.73. The molecule has 1 N–H and O–H groups in total. The highest BCUT2D eigenvalue weighted by Crippen LogP contribution is 2.22. The Kier molecular flexibility index (Phi) is 5.51. The summed E-state index contributed by atoms with van der Waals surface area (Å²) in [5.41, 5.74) is 3.41. The lowest BCUT2D eigenvalue weighted by Gasteiger charge is -2.06. The molecular formula is C20H20ClN3O. The summed E-state index contributed by atoms with van der Waals surface area (Å²) in [6.07, 6.45) is 0.800. The smallest absolute Gasteiger partial charge is 0.269 e. The maximum atomic E-state index is 12.5. The van der Waals surface area contributed by atoms with E-state index in [1.807, 2.05) is 55.5 Å². The predicted octanol–water partition coefficient (Wildman–Crippen LogP) is 4.20. The van der Waals surface area contributed by atoms with E-state index in [1.165, 1.54) is 5.56 Å². The lowest BCUT2D eigenvalue weighted by molar-refractivity contribution is 0.0943. The molecule has 2 aromatic carbocycles. The molecule has 0 aliphatic rings. The number of aryl methyl sites for hydroxylation is 1. The van der Waals surface area contributed by atoms with Crippen molar-refractivity contribution in [3.63, 3.8) is 0 Å². The molecule has 25 heavy (non-hydrogen) atoms. The lowest BCUT2D eigenvalue weighted by atomic mass is 10.1. The minimum absolute atomic E-state index is 0.112. The van der Waals surface area contributed by atoms with Crippen LogP contribution in [0, 0.1) is 0 Å². The van der Waals surface area contributed by atoms with Gasteiger partial charge in [0.05, 0.1) is 5.69 Å². The van der Waals surface area contributed by atoms with Crippen molar-refractivity contribution in [3.8, 4) is 11.3 Å². The minimum Gasteiger partial charge on any atom is -0.350 e. The molecule has 3 aromatic rings. The first-order valence-electron chi connectivity index (χ1n) is 8.33. The molecule has 0 aliphatic heterocycles. The van der Waals surface area contributed by atoms with Crippen LogP contribution in [0.4, 0.5) is 0 Å². The van der Waals surface area contributed by atoms with Crippen LogP contribution in [-0.4, -0.2) is 22.2 Å². The number of hydrogen-bond donors (Lipinski definition) is 1. The highest BCUT2D eigenvalue weighted by molar-refractivity contribution is 6.30. The van der Waals surface area contributed by atoms with E-state index in [0.717, 1.165) is 17.7 Å². The van der Waals surface area contributed by atoms with E-state index in [9.17, 15) is 4.79 Å². The second-order valence-corrected chi connectivity index (χ2v) is 6.17. The van der Waals surface area contributed by atoms with Gasteiger partial charge in [0.2, 0.25) is 0 Å². The van der Waals surface area contributed by atoms with Crippen LogP contribution in [-0.2, 0) is 13.0 Å². The number of benzene rings is 2. The molecule has 0 bridgehead atoms. The molecule has 0 atom stereocenters. The Labute approximate surface area is 152 Å². The maximum absolute atomic E-state index is 12.5. The van der Waals surface area contributed by atoms with E-state index in [1.54, 1.807) is 4.68 Å². The molecule has 3 rings (SSSR count). The second kappa shape index (κ2) is 7.99. The van der Waals surface area contributed by atoms with Crippen LogP contribution in [0.3, 0.4) is 0 Å². The van der Waals surface area contributed by atoms with Gasteiger partial charge in [0.1, 0.15) is 5.69 Å². The number of carbonyl (C=O) groups is 1. The Morgan fingerprint density at radius 3 is 2.64 bits per heavy atom. The van der Waals surface area contributed by atoms with Crippen LogP contribution in [0.15, 0.2) is 60.7 Å². The van der Waals surface area contributed by atoms with Crippen LogP contribution >= 0.6 is 11.6 Å². The molecule has 0 saturated carbocycles. The van der Waals surface area contributed by atoms with Gasteiger partial charge in [-0.25, -0.2) is 0 Å². The number of aromatic nitrogens is 2. The first kappa shape index (κ1) is 17.2. The molecule has 0 saturated heterocycles. The van der Waals surface area contributed by atoms with Gasteiger partial charge in [-0.1, -0.05) is 54.1 Å². The van der Waals surface area contributed by atoms with Gasteiger partial charge in [-0.15, -0.1) is 0 Å². The molecule has 128 valence electrons. The van der Waals surface area contributed by atoms with Crippen molar-refractivity contribution in [2.45, 2.75) is 19.9 Å². The van der Waals surface area contributed by atoms with Gasteiger partial charge in [-0.05, 0) is 37.1 Å². The Hall–Kier alpha value is -2.59. The average Bonchev–Trinajstić information content (AvgIpc) is 3.07. The van der Waals surface area contributed by atoms with E-state index in [4.69, 9.17) is 11.6 Å². The first-order chi connectivity index (χ1) is 12.2. The molecule has 5 heteroatoms. The van der Waals surface area contributed by atoms with E-state index in [2.05, 4.69) is 22.5 Å². The van der Waals surface area contributed by atoms with Crippen LogP contribution < -0.4 is 5.32 Å². The van der Waals surface area contributed by atoms with Gasteiger partial charge in [-0.2, -0.15) is 5.10 Å². The maximum Gasteiger partial charge on any atom is 0.269 e. The fraction of sp³-hybridized carbons (Fsp3) is 0.200. The molecule has 1 amide bonds. The quantitative estimate of drug-likeness (QED) is 0.722. The number of amides is 1. The standard InChI is InChI=1S/C20H20ClN3O/c1-2-24-19(14-18(23-24)16-9-6-10-17(21)13-16)20(25)22-12-11-15-7-4-3-5-8-15/h3-10,13-14H,2,11-12H2,1H3,(H,22,25). The average molecular weight is 354 g/mol. The molecule has 0 unspecified atom stereocenters. The molecule has 1 heterocycles. The molecule has 0 aliphatic carbocycles. The van der Waals surface area contributed by atoms with Crippen molar-refractivity contribution in [1.29, 1.82) is 0 Å². The van der Waals surface area contributed by atoms with Crippen molar-refractivity contribution < 1.29 is 4.79 Å². The third kappa shape index (κ3) is 4.28. The monoisotopic (exact) mass is 353 g/mol. The van der Waals surface area contributed by atoms with Crippen molar-refractivity contribution >= 4 is 17.5 Å². The number of nitrogens with one attached hydrogen (secondary N) is 1. The van der Waals surface area contributed by atoms with E-state index < -0.39 is 0 Å². The van der Waals surface area contributed by atoms with Gasteiger partial charge < -0.3 is 5.32 Å². The summed E-state index contributed by atoms with van der Waals surface area (Å²) < 4.78 is 1.72. The highest BCUT2D eigenvalue weighted by Gasteiger charge is 2.15. The zero-order valence-electron chi connectivity index (χ0n) is 14.1. The Bertz CT molecular complexity index is 858. The third-order valence-corrected chi connectivity index (χ3v) is 4.21. The van der Waals surface area contributed by atoms with Crippen molar-refractivity contribution in [2.75, 3.05) is 6.54 Å². The van der Waals surface area contributed by atoms with Crippen LogP contribution in [0.2, 0.25) is 5.02 Å². The fourth-order valence-electron chi connectivity index (χ4n) is 2.69. The lowest BCUT2D eigenvalue weighted by Crippen LogP contribution is -2.28. The zero-order chi connectivity index (χ0) is 17.6. The van der Waals surface area contributed by atoms with Crippen molar-refractivity contribution in [2.24, 2.45) is 0 Å². The summed E-state index contributed by atoms with van der Waals surface area (Å²) in [5.74, 6) is -0.112. The minimum atomic E-state index is -0.112. The molecule has 0 spiro atoms. The predicted molar refractivity (Wildman–Crippen MR) is 101 cm³/mol. The molecule has 1 aromatic heterocycles. The Morgan fingerprint density at radius 2 is 1.92 bits per heavy atom. The number of carbonyl (C=O) groups excluding carboxylic acids is 1. The van der Waals surface area contributed by atoms with E-state index >= 15 is 0 Å². The van der Waals surface area contributed by atoms with Crippen LogP contribution in [0.5, 0.6) is 0 Å². The van der Waals surface area contributed by atoms with E-state index in [0.29, 0.717) is 23.8 Å². The Morgan fingerprint density at radius 1 is 1.12 bits per heavy atom. The van der Waals surface area contributed by atoms with Gasteiger partial charge in [-0.3, -0.25) is 9.48 Å². The molecular weight excluding hydrogens is 334 g/mol. The summed E-state index contributed by atoms with van der Waals surface area (Å²) >= 11 is 6.05.